The van der Waals surface area contributed by atoms with Crippen molar-refractivity contribution in [2.75, 3.05) is 7.11 Å². The lowest BCUT2D eigenvalue weighted by Gasteiger charge is -2.50. The lowest BCUT2D eigenvalue weighted by Crippen LogP contribution is -2.57. The van der Waals surface area contributed by atoms with E-state index in [-0.39, 0.29) is 24.2 Å². The Hall–Kier alpha value is -1.11. The van der Waals surface area contributed by atoms with Gasteiger partial charge in [0.15, 0.2) is 0 Å². The van der Waals surface area contributed by atoms with Crippen LogP contribution in [0.15, 0.2) is 0 Å². The van der Waals surface area contributed by atoms with Gasteiger partial charge in [0, 0.05) is 13.0 Å². The highest BCUT2D eigenvalue weighted by atomic mass is 19.4. The number of hydrogen-bond donors (Lipinski definition) is 0. The molecule has 4 nitrogen and oxygen atoms in total. The third kappa shape index (κ3) is 2.93. The van der Waals surface area contributed by atoms with Gasteiger partial charge in [-0.05, 0) is 24.7 Å². The molecule has 4 atom stereocenters. The number of alkyl halides is 3. The zero-order chi connectivity index (χ0) is 16.0. The highest BCUT2D eigenvalue weighted by Crippen LogP contribution is 2.49. The number of ketones is 1. The number of Topliss-reactive ketones (excluding diaryl/α,β-unsaturated/α-hetero) is 1. The predicted molar refractivity (Wildman–Crippen MR) is 66.4 cm³/mol. The van der Waals surface area contributed by atoms with E-state index < -0.39 is 29.6 Å². The van der Waals surface area contributed by atoms with Crippen molar-refractivity contribution in [3.8, 4) is 0 Å². The number of halogens is 3. The summed E-state index contributed by atoms with van der Waals surface area (Å²) < 4.78 is 47.0. The second-order valence-electron chi connectivity index (χ2n) is 6.47. The molecule has 0 N–H and O–H groups in total. The molecule has 0 amide bonds. The van der Waals surface area contributed by atoms with Crippen LogP contribution in [0, 0.1) is 17.3 Å². The number of methoxy groups -OCH3 is 1. The van der Waals surface area contributed by atoms with Gasteiger partial charge < -0.3 is 9.47 Å². The van der Waals surface area contributed by atoms with Crippen LogP contribution in [0.1, 0.15) is 33.1 Å². The molecule has 0 spiro atoms. The van der Waals surface area contributed by atoms with Crippen LogP contribution in [0.2, 0.25) is 0 Å². The SMILES string of the molecule is COC1CC[C@H]2C(=O)[C@@H]1C(C)(C)CC2OC(=O)C(F)(F)F. The van der Waals surface area contributed by atoms with Crippen LogP contribution in [0.5, 0.6) is 0 Å². The first-order valence-corrected chi connectivity index (χ1v) is 6.92. The van der Waals surface area contributed by atoms with Crippen LogP contribution in [-0.2, 0) is 19.1 Å². The van der Waals surface area contributed by atoms with Crippen molar-refractivity contribution >= 4 is 11.8 Å². The number of hydrogen-bond acceptors (Lipinski definition) is 4. The Balaban J connectivity index is 2.21. The van der Waals surface area contributed by atoms with Crippen LogP contribution in [0.4, 0.5) is 13.2 Å². The molecular formula is C14H19F3O4. The van der Waals surface area contributed by atoms with E-state index >= 15 is 0 Å². The minimum absolute atomic E-state index is 0.149. The third-order valence-corrected chi connectivity index (χ3v) is 4.62. The van der Waals surface area contributed by atoms with Crippen molar-refractivity contribution in [2.45, 2.75) is 51.5 Å². The number of esters is 1. The molecule has 0 aromatic rings. The zero-order valence-corrected chi connectivity index (χ0v) is 12.2. The van der Waals surface area contributed by atoms with Gasteiger partial charge in [0.2, 0.25) is 0 Å². The molecule has 0 aromatic carbocycles. The monoisotopic (exact) mass is 308 g/mol. The number of fused-ring (bicyclic) bond motifs is 2. The van der Waals surface area contributed by atoms with Gasteiger partial charge in [-0.25, -0.2) is 4.79 Å². The Morgan fingerprint density at radius 3 is 2.38 bits per heavy atom. The molecule has 0 aromatic heterocycles. The molecule has 2 aliphatic rings. The minimum Gasteiger partial charge on any atom is -0.455 e. The third-order valence-electron chi connectivity index (χ3n) is 4.62. The quantitative estimate of drug-likeness (QED) is 0.736. The van der Waals surface area contributed by atoms with Crippen molar-refractivity contribution < 1.29 is 32.2 Å². The van der Waals surface area contributed by atoms with Crippen LogP contribution >= 0.6 is 0 Å². The molecule has 2 rings (SSSR count). The highest BCUT2D eigenvalue weighted by molar-refractivity contribution is 5.87. The van der Waals surface area contributed by atoms with Gasteiger partial charge in [-0.2, -0.15) is 13.2 Å². The first kappa shape index (κ1) is 16.3. The smallest absolute Gasteiger partial charge is 0.455 e. The predicted octanol–water partition coefficient (Wildman–Crippen LogP) is 2.50. The lowest BCUT2D eigenvalue weighted by atomic mass is 9.57. The van der Waals surface area contributed by atoms with Gasteiger partial charge in [0.05, 0.1) is 12.0 Å². The Morgan fingerprint density at radius 1 is 1.24 bits per heavy atom. The second-order valence-corrected chi connectivity index (χ2v) is 6.47. The number of carbonyl (C=O) groups is 2. The maximum Gasteiger partial charge on any atom is 0.490 e. The van der Waals surface area contributed by atoms with Gasteiger partial charge in [0.1, 0.15) is 11.9 Å². The van der Waals surface area contributed by atoms with Crippen molar-refractivity contribution in [1.29, 1.82) is 0 Å². The fraction of sp³-hybridized carbons (Fsp3) is 0.857. The summed E-state index contributed by atoms with van der Waals surface area (Å²) in [4.78, 5) is 23.5. The first-order valence-electron chi connectivity index (χ1n) is 6.92. The van der Waals surface area contributed by atoms with Crippen LogP contribution in [0.3, 0.4) is 0 Å². The normalized spacial score (nSPS) is 35.4. The molecule has 7 heteroatoms. The molecule has 21 heavy (non-hydrogen) atoms. The summed E-state index contributed by atoms with van der Waals surface area (Å²) in [5, 5.41) is 0. The summed E-state index contributed by atoms with van der Waals surface area (Å²) in [6.07, 6.45) is -5.05. The number of ether oxygens (including phenoxy) is 2. The minimum atomic E-state index is -5.03. The highest BCUT2D eigenvalue weighted by Gasteiger charge is 2.56. The number of rotatable bonds is 2. The Kier molecular flexibility index (Phi) is 4.08. The van der Waals surface area contributed by atoms with E-state index in [2.05, 4.69) is 4.74 Å². The van der Waals surface area contributed by atoms with Gasteiger partial charge in [0.25, 0.3) is 0 Å². The van der Waals surface area contributed by atoms with Crippen molar-refractivity contribution in [3.63, 3.8) is 0 Å². The van der Waals surface area contributed by atoms with E-state index in [1.54, 1.807) is 13.8 Å². The maximum atomic E-state index is 12.5. The lowest BCUT2D eigenvalue weighted by molar-refractivity contribution is -0.214. The summed E-state index contributed by atoms with van der Waals surface area (Å²) in [5.41, 5.74) is -0.564. The molecule has 120 valence electrons. The van der Waals surface area contributed by atoms with Crippen LogP contribution < -0.4 is 0 Å². The Labute approximate surface area is 121 Å². The molecule has 2 bridgehead atoms. The van der Waals surface area contributed by atoms with E-state index in [1.807, 2.05) is 0 Å². The molecular weight excluding hydrogens is 289 g/mol. The topological polar surface area (TPSA) is 52.6 Å². The standard InChI is InChI=1S/C14H19F3O4/c1-13(2)6-9(21-12(19)14(15,16)17)7-4-5-8(20-3)10(13)11(7)18/h7-10H,4-6H2,1-3H3/t7-,8?,9?,10-/m1/s1. The average molecular weight is 308 g/mol. The van der Waals surface area contributed by atoms with E-state index in [9.17, 15) is 22.8 Å². The summed E-state index contributed by atoms with van der Waals surface area (Å²) in [6.45, 7) is 3.61. The summed E-state index contributed by atoms with van der Waals surface area (Å²) in [7, 11) is 1.53. The van der Waals surface area contributed by atoms with Gasteiger partial charge in [-0.1, -0.05) is 13.8 Å². The molecule has 2 unspecified atom stereocenters. The molecule has 2 saturated carbocycles. The van der Waals surface area contributed by atoms with Gasteiger partial charge in [-0.15, -0.1) is 0 Å². The fourth-order valence-corrected chi connectivity index (χ4v) is 3.69. The molecule has 2 aliphatic carbocycles. The van der Waals surface area contributed by atoms with E-state index in [1.165, 1.54) is 7.11 Å². The van der Waals surface area contributed by atoms with Crippen molar-refractivity contribution in [1.82, 2.24) is 0 Å². The van der Waals surface area contributed by atoms with Crippen molar-refractivity contribution in [2.24, 2.45) is 17.3 Å². The molecule has 0 radical (unpaired) electrons. The largest absolute Gasteiger partial charge is 0.490 e. The summed E-state index contributed by atoms with van der Waals surface area (Å²) in [5.74, 6) is -3.38. The Bertz CT molecular complexity index is 444. The molecule has 0 aliphatic heterocycles. The summed E-state index contributed by atoms with van der Waals surface area (Å²) >= 11 is 0. The average Bonchev–Trinajstić information content (AvgIpc) is 2.33. The van der Waals surface area contributed by atoms with Crippen LogP contribution in [0.25, 0.3) is 0 Å². The zero-order valence-electron chi connectivity index (χ0n) is 12.2. The maximum absolute atomic E-state index is 12.5. The first-order chi connectivity index (χ1) is 9.58. The van der Waals surface area contributed by atoms with E-state index in [0.717, 1.165) is 0 Å². The molecule has 0 saturated heterocycles. The Morgan fingerprint density at radius 2 is 1.86 bits per heavy atom. The van der Waals surface area contributed by atoms with Gasteiger partial charge in [-0.3, -0.25) is 4.79 Å². The fourth-order valence-electron chi connectivity index (χ4n) is 3.69. The number of carbonyl (C=O) groups excluding carboxylic acids is 2. The van der Waals surface area contributed by atoms with Crippen molar-refractivity contribution in [3.05, 3.63) is 0 Å². The van der Waals surface area contributed by atoms with E-state index in [4.69, 9.17) is 4.74 Å². The molecule has 0 heterocycles. The van der Waals surface area contributed by atoms with Gasteiger partial charge >= 0.3 is 12.1 Å². The van der Waals surface area contributed by atoms with Crippen LogP contribution in [-0.4, -0.2) is 37.2 Å². The second kappa shape index (κ2) is 5.26. The summed E-state index contributed by atoms with van der Waals surface area (Å²) in [6, 6.07) is 0. The van der Waals surface area contributed by atoms with E-state index in [0.29, 0.717) is 12.8 Å². The molecule has 2 fully saturated rings.